The van der Waals surface area contributed by atoms with Crippen molar-refractivity contribution >= 4 is 34.0 Å². The number of halogens is 1. The maximum atomic E-state index is 11.0. The standard InChI is InChI=1S/C15H13BrOS/c1-11-4-2-3-5-12(11)10-18-15-7-6-14(16)8-13(15)9-17/h2-9H,10H2,1H3. The fourth-order valence-corrected chi connectivity index (χ4v) is 3.12. The zero-order valence-electron chi connectivity index (χ0n) is 10.0. The molecule has 0 fully saturated rings. The number of aldehydes is 1. The van der Waals surface area contributed by atoms with Crippen molar-refractivity contribution in [3.05, 3.63) is 63.6 Å². The molecule has 0 aliphatic carbocycles. The maximum Gasteiger partial charge on any atom is 0.151 e. The van der Waals surface area contributed by atoms with Gasteiger partial charge in [-0.1, -0.05) is 40.2 Å². The summed E-state index contributed by atoms with van der Waals surface area (Å²) in [5, 5.41) is 0. The van der Waals surface area contributed by atoms with Crippen molar-refractivity contribution in [2.24, 2.45) is 0 Å². The highest BCUT2D eigenvalue weighted by Crippen LogP contribution is 2.28. The Kier molecular flexibility index (Phi) is 4.61. The summed E-state index contributed by atoms with van der Waals surface area (Å²) in [7, 11) is 0. The van der Waals surface area contributed by atoms with E-state index < -0.39 is 0 Å². The van der Waals surface area contributed by atoms with Crippen molar-refractivity contribution in [2.45, 2.75) is 17.6 Å². The second-order valence-corrected chi connectivity index (χ2v) is 5.95. The van der Waals surface area contributed by atoms with Gasteiger partial charge in [0.2, 0.25) is 0 Å². The van der Waals surface area contributed by atoms with Gasteiger partial charge in [0, 0.05) is 20.7 Å². The molecule has 0 saturated heterocycles. The van der Waals surface area contributed by atoms with Crippen LogP contribution in [0.3, 0.4) is 0 Å². The van der Waals surface area contributed by atoms with Crippen molar-refractivity contribution in [1.82, 2.24) is 0 Å². The Balaban J connectivity index is 2.16. The minimum absolute atomic E-state index is 0.739. The van der Waals surface area contributed by atoms with Gasteiger partial charge in [-0.3, -0.25) is 4.79 Å². The molecule has 0 aromatic heterocycles. The Labute approximate surface area is 120 Å². The van der Waals surface area contributed by atoms with Crippen molar-refractivity contribution in [3.63, 3.8) is 0 Å². The van der Waals surface area contributed by atoms with Crippen LogP contribution in [0.2, 0.25) is 0 Å². The van der Waals surface area contributed by atoms with Gasteiger partial charge in [0.15, 0.2) is 6.29 Å². The lowest BCUT2D eigenvalue weighted by Crippen LogP contribution is -1.89. The Morgan fingerprint density at radius 1 is 1.22 bits per heavy atom. The zero-order valence-corrected chi connectivity index (χ0v) is 12.4. The van der Waals surface area contributed by atoms with E-state index in [1.54, 1.807) is 11.8 Å². The van der Waals surface area contributed by atoms with E-state index in [2.05, 4.69) is 35.0 Å². The third-order valence-electron chi connectivity index (χ3n) is 2.74. The number of carbonyl (C=O) groups is 1. The first kappa shape index (κ1) is 13.4. The molecule has 0 radical (unpaired) electrons. The van der Waals surface area contributed by atoms with E-state index >= 15 is 0 Å². The van der Waals surface area contributed by atoms with Crippen LogP contribution in [0.25, 0.3) is 0 Å². The van der Waals surface area contributed by atoms with Gasteiger partial charge in [0.25, 0.3) is 0 Å². The smallest absolute Gasteiger partial charge is 0.151 e. The highest BCUT2D eigenvalue weighted by molar-refractivity contribution is 9.10. The van der Waals surface area contributed by atoms with E-state index in [0.29, 0.717) is 0 Å². The lowest BCUT2D eigenvalue weighted by molar-refractivity contribution is 0.112. The minimum atomic E-state index is 0.739. The van der Waals surface area contributed by atoms with E-state index in [0.717, 1.165) is 27.0 Å². The van der Waals surface area contributed by atoms with Gasteiger partial charge in [0.05, 0.1) is 0 Å². The third-order valence-corrected chi connectivity index (χ3v) is 4.37. The Hall–Kier alpha value is -1.06. The summed E-state index contributed by atoms with van der Waals surface area (Å²) in [4.78, 5) is 12.0. The second-order valence-electron chi connectivity index (χ2n) is 4.02. The Morgan fingerprint density at radius 2 is 2.00 bits per heavy atom. The largest absolute Gasteiger partial charge is 0.298 e. The molecule has 2 rings (SSSR count). The molecule has 0 bridgehead atoms. The van der Waals surface area contributed by atoms with E-state index in [-0.39, 0.29) is 0 Å². The van der Waals surface area contributed by atoms with Gasteiger partial charge in [-0.05, 0) is 36.2 Å². The first-order chi connectivity index (χ1) is 8.70. The summed E-state index contributed by atoms with van der Waals surface area (Å²) in [6.07, 6.45) is 0.908. The number of carbonyl (C=O) groups excluding carboxylic acids is 1. The molecule has 0 aliphatic heterocycles. The molecule has 3 heteroatoms. The summed E-state index contributed by atoms with van der Waals surface area (Å²) in [6.45, 7) is 2.11. The molecule has 1 nitrogen and oxygen atoms in total. The van der Waals surface area contributed by atoms with Crippen LogP contribution in [-0.2, 0) is 5.75 Å². The predicted molar refractivity (Wildman–Crippen MR) is 80.3 cm³/mol. The van der Waals surface area contributed by atoms with Crippen molar-refractivity contribution < 1.29 is 4.79 Å². The second kappa shape index (κ2) is 6.21. The van der Waals surface area contributed by atoms with Gasteiger partial charge in [-0.15, -0.1) is 11.8 Å². The number of thioether (sulfide) groups is 1. The SMILES string of the molecule is Cc1ccccc1CSc1ccc(Br)cc1C=O. The molecule has 0 spiro atoms. The zero-order chi connectivity index (χ0) is 13.0. The van der Waals surface area contributed by atoms with Crippen LogP contribution < -0.4 is 0 Å². The summed E-state index contributed by atoms with van der Waals surface area (Å²) in [5.74, 6) is 0.884. The number of benzene rings is 2. The summed E-state index contributed by atoms with van der Waals surface area (Å²) >= 11 is 5.07. The highest BCUT2D eigenvalue weighted by Gasteiger charge is 2.04. The van der Waals surface area contributed by atoms with Gasteiger partial charge in [0.1, 0.15) is 0 Å². The molecule has 0 N–H and O–H groups in total. The predicted octanol–water partition coefficient (Wildman–Crippen LogP) is 4.86. The Bertz CT molecular complexity index is 566. The molecule has 0 unspecified atom stereocenters. The molecular weight excluding hydrogens is 308 g/mol. The van der Waals surface area contributed by atoms with Gasteiger partial charge in [-0.25, -0.2) is 0 Å². The van der Waals surface area contributed by atoms with Crippen molar-refractivity contribution in [2.75, 3.05) is 0 Å². The molecule has 92 valence electrons. The van der Waals surface area contributed by atoms with Crippen LogP contribution >= 0.6 is 27.7 Å². The van der Waals surface area contributed by atoms with Crippen LogP contribution in [0.1, 0.15) is 21.5 Å². The van der Waals surface area contributed by atoms with Gasteiger partial charge in [-0.2, -0.15) is 0 Å². The summed E-state index contributed by atoms with van der Waals surface area (Å²) in [6, 6.07) is 14.1. The molecule has 18 heavy (non-hydrogen) atoms. The first-order valence-electron chi connectivity index (χ1n) is 5.63. The van der Waals surface area contributed by atoms with Crippen LogP contribution in [0.5, 0.6) is 0 Å². The molecule has 0 aliphatic rings. The quantitative estimate of drug-likeness (QED) is 0.591. The van der Waals surface area contributed by atoms with Crippen molar-refractivity contribution in [3.8, 4) is 0 Å². The monoisotopic (exact) mass is 320 g/mol. The number of hydrogen-bond acceptors (Lipinski definition) is 2. The molecule has 0 amide bonds. The fraction of sp³-hybridized carbons (Fsp3) is 0.133. The van der Waals surface area contributed by atoms with E-state index in [9.17, 15) is 4.79 Å². The molecular formula is C15H13BrOS. The average molecular weight is 321 g/mol. The average Bonchev–Trinajstić information content (AvgIpc) is 2.39. The normalized spacial score (nSPS) is 10.3. The first-order valence-corrected chi connectivity index (χ1v) is 7.40. The van der Waals surface area contributed by atoms with Crippen LogP contribution in [0, 0.1) is 6.92 Å². The molecule has 0 heterocycles. The van der Waals surface area contributed by atoms with Crippen LogP contribution in [0.4, 0.5) is 0 Å². The van der Waals surface area contributed by atoms with E-state index in [1.807, 2.05) is 30.3 Å². The summed E-state index contributed by atoms with van der Waals surface area (Å²) in [5.41, 5.74) is 3.33. The lowest BCUT2D eigenvalue weighted by Gasteiger charge is -2.07. The van der Waals surface area contributed by atoms with Crippen molar-refractivity contribution in [1.29, 1.82) is 0 Å². The number of hydrogen-bond donors (Lipinski definition) is 0. The lowest BCUT2D eigenvalue weighted by atomic mass is 10.1. The number of aryl methyl sites for hydroxylation is 1. The molecule has 0 saturated carbocycles. The molecule has 0 atom stereocenters. The summed E-state index contributed by atoms with van der Waals surface area (Å²) < 4.78 is 0.935. The van der Waals surface area contributed by atoms with Gasteiger partial charge < -0.3 is 0 Å². The van der Waals surface area contributed by atoms with Crippen LogP contribution in [-0.4, -0.2) is 6.29 Å². The topological polar surface area (TPSA) is 17.1 Å². The molecule has 2 aromatic carbocycles. The third kappa shape index (κ3) is 3.24. The molecule has 2 aromatic rings. The number of rotatable bonds is 4. The Morgan fingerprint density at radius 3 is 2.72 bits per heavy atom. The van der Waals surface area contributed by atoms with Crippen LogP contribution in [0.15, 0.2) is 51.8 Å². The minimum Gasteiger partial charge on any atom is -0.298 e. The van der Waals surface area contributed by atoms with E-state index in [4.69, 9.17) is 0 Å². The van der Waals surface area contributed by atoms with E-state index in [1.165, 1.54) is 11.1 Å². The fourth-order valence-electron chi connectivity index (χ4n) is 1.67. The maximum absolute atomic E-state index is 11.0. The highest BCUT2D eigenvalue weighted by atomic mass is 79.9. The van der Waals surface area contributed by atoms with Gasteiger partial charge >= 0.3 is 0 Å².